The Morgan fingerprint density at radius 2 is 1.21 bits per heavy atom. The van der Waals surface area contributed by atoms with E-state index in [2.05, 4.69) is 84.7 Å². The van der Waals surface area contributed by atoms with Crippen molar-refractivity contribution in [2.45, 2.75) is 13.3 Å². The molecule has 0 aliphatic heterocycles. The molecule has 142 valence electrons. The van der Waals surface area contributed by atoms with Gasteiger partial charge in [0.15, 0.2) is 0 Å². The van der Waals surface area contributed by atoms with Crippen LogP contribution in [0.4, 0.5) is 0 Å². The zero-order valence-electron chi connectivity index (χ0n) is 16.0. The highest BCUT2D eigenvalue weighted by atomic mass is 31.2. The molecule has 0 saturated heterocycles. The Kier molecular flexibility index (Phi) is 6.68. The SMILES string of the molecule is CC(C/C=C/C=P(c1ccccc1)(c1ccccc1)c1ccccc1)C(=O)O. The third-order valence-electron chi connectivity index (χ3n) is 4.85. The molecule has 3 aromatic carbocycles. The monoisotopic (exact) mass is 388 g/mol. The number of carboxylic acids is 1. The maximum atomic E-state index is 11.1. The molecule has 3 aromatic rings. The Morgan fingerprint density at radius 3 is 1.57 bits per heavy atom. The van der Waals surface area contributed by atoms with Crippen LogP contribution in [0.5, 0.6) is 0 Å². The summed E-state index contributed by atoms with van der Waals surface area (Å²) in [5.41, 5.74) is 0. The van der Waals surface area contributed by atoms with Crippen LogP contribution in [0, 0.1) is 5.92 Å². The van der Waals surface area contributed by atoms with Gasteiger partial charge in [-0.25, -0.2) is 0 Å². The van der Waals surface area contributed by atoms with Crippen LogP contribution in [-0.4, -0.2) is 16.9 Å². The molecule has 1 atom stereocenters. The lowest BCUT2D eigenvalue weighted by atomic mass is 10.1. The van der Waals surface area contributed by atoms with Gasteiger partial charge in [0.05, 0.1) is 5.92 Å². The predicted octanol–water partition coefficient (Wildman–Crippen LogP) is 4.45. The molecule has 1 N–H and O–H groups in total. The number of hydrogen-bond acceptors (Lipinski definition) is 1. The fourth-order valence-electron chi connectivity index (χ4n) is 3.27. The van der Waals surface area contributed by atoms with Crippen molar-refractivity contribution in [1.29, 1.82) is 0 Å². The van der Waals surface area contributed by atoms with Gasteiger partial charge in [0, 0.05) is 0 Å². The summed E-state index contributed by atoms with van der Waals surface area (Å²) in [5.74, 6) is 1.14. The lowest BCUT2D eigenvalue weighted by molar-refractivity contribution is -0.140. The van der Waals surface area contributed by atoms with E-state index in [0.29, 0.717) is 6.42 Å². The summed E-state index contributed by atoms with van der Waals surface area (Å²) in [6.07, 6.45) is 4.55. The Morgan fingerprint density at radius 1 is 0.821 bits per heavy atom. The molecule has 0 spiro atoms. The number of rotatable bonds is 7. The Labute approximate surface area is 167 Å². The summed E-state index contributed by atoms with van der Waals surface area (Å²) in [6, 6.07) is 31.8. The van der Waals surface area contributed by atoms with Crippen molar-refractivity contribution in [3.63, 3.8) is 0 Å². The van der Waals surface area contributed by atoms with Gasteiger partial charge in [-0.2, -0.15) is 0 Å². The van der Waals surface area contributed by atoms with E-state index in [1.54, 1.807) is 6.92 Å². The molecule has 0 bridgehead atoms. The van der Waals surface area contributed by atoms with Gasteiger partial charge in [0.1, 0.15) is 0 Å². The van der Waals surface area contributed by atoms with Gasteiger partial charge in [-0.3, -0.25) is 4.79 Å². The largest absolute Gasteiger partial charge is 0.481 e. The molecule has 0 aliphatic rings. The molecular formula is C25H25O2P. The third-order valence-corrected chi connectivity index (χ3v) is 8.80. The maximum absolute atomic E-state index is 11.1. The average molecular weight is 388 g/mol. The Bertz CT molecular complexity index is 873. The lowest BCUT2D eigenvalue weighted by Crippen LogP contribution is -2.26. The number of aliphatic carboxylic acids is 1. The van der Waals surface area contributed by atoms with E-state index in [1.807, 2.05) is 24.3 Å². The second-order valence-corrected chi connectivity index (χ2v) is 10.1. The first-order valence-electron chi connectivity index (χ1n) is 9.44. The lowest BCUT2D eigenvalue weighted by Gasteiger charge is -2.28. The molecule has 0 aromatic heterocycles. The van der Waals surface area contributed by atoms with Gasteiger partial charge < -0.3 is 5.11 Å². The van der Waals surface area contributed by atoms with E-state index < -0.39 is 12.9 Å². The van der Waals surface area contributed by atoms with E-state index in [-0.39, 0.29) is 5.92 Å². The van der Waals surface area contributed by atoms with Crippen LogP contribution in [0.2, 0.25) is 0 Å². The van der Waals surface area contributed by atoms with Crippen LogP contribution >= 0.6 is 6.89 Å². The van der Waals surface area contributed by atoms with Gasteiger partial charge in [0.25, 0.3) is 0 Å². The highest BCUT2D eigenvalue weighted by Crippen LogP contribution is 2.43. The molecular weight excluding hydrogens is 363 g/mol. The van der Waals surface area contributed by atoms with Crippen molar-refractivity contribution < 1.29 is 9.90 Å². The van der Waals surface area contributed by atoms with Crippen molar-refractivity contribution in [3.05, 3.63) is 103 Å². The highest BCUT2D eigenvalue weighted by molar-refractivity contribution is 7.94. The first-order chi connectivity index (χ1) is 13.6. The minimum Gasteiger partial charge on any atom is -0.481 e. The summed E-state index contributed by atoms with van der Waals surface area (Å²) in [7, 11) is 0. The first kappa shape index (κ1) is 19.9. The molecule has 0 amide bonds. The number of benzene rings is 3. The quantitative estimate of drug-likeness (QED) is 0.607. The number of allylic oxidation sites excluding steroid dienone is 2. The molecule has 0 fully saturated rings. The summed E-state index contributed by atoms with van der Waals surface area (Å²) < 4.78 is 0. The molecule has 2 nitrogen and oxygen atoms in total. The van der Waals surface area contributed by atoms with Crippen LogP contribution in [0.1, 0.15) is 13.3 Å². The zero-order valence-corrected chi connectivity index (χ0v) is 16.9. The molecule has 3 heteroatoms. The van der Waals surface area contributed by atoms with Crippen molar-refractivity contribution in [2.75, 3.05) is 0 Å². The van der Waals surface area contributed by atoms with Gasteiger partial charge in [0.2, 0.25) is 0 Å². The maximum Gasteiger partial charge on any atom is 0.306 e. The van der Waals surface area contributed by atoms with E-state index in [4.69, 9.17) is 5.11 Å². The van der Waals surface area contributed by atoms with Crippen LogP contribution in [-0.2, 0) is 4.79 Å². The number of carboxylic acid groups (broad SMARTS) is 1. The van der Waals surface area contributed by atoms with Crippen LogP contribution in [0.25, 0.3) is 0 Å². The summed E-state index contributed by atoms with van der Waals surface area (Å²) >= 11 is 0. The van der Waals surface area contributed by atoms with Gasteiger partial charge in [-0.15, -0.1) is 0 Å². The molecule has 0 radical (unpaired) electrons. The fourth-order valence-corrected chi connectivity index (χ4v) is 6.99. The minimum absolute atomic E-state index is 0.387. The van der Waals surface area contributed by atoms with Crippen LogP contribution < -0.4 is 15.9 Å². The minimum atomic E-state index is -2.00. The van der Waals surface area contributed by atoms with Crippen molar-refractivity contribution in [1.82, 2.24) is 0 Å². The summed E-state index contributed by atoms with van der Waals surface area (Å²) in [6.45, 7) is -0.259. The molecule has 3 rings (SSSR count). The highest BCUT2D eigenvalue weighted by Gasteiger charge is 2.23. The Hall–Kier alpha value is -2.83. The molecule has 28 heavy (non-hydrogen) atoms. The fraction of sp³-hybridized carbons (Fsp3) is 0.120. The number of hydrogen-bond donors (Lipinski definition) is 1. The second kappa shape index (κ2) is 9.39. The van der Waals surface area contributed by atoms with Gasteiger partial charge in [-0.05, 0) is 29.2 Å². The van der Waals surface area contributed by atoms with E-state index in [9.17, 15) is 4.79 Å². The zero-order chi connectivity index (χ0) is 19.8. The molecule has 1 unspecified atom stereocenters. The van der Waals surface area contributed by atoms with Gasteiger partial charge in [-0.1, -0.05) is 116 Å². The smallest absolute Gasteiger partial charge is 0.306 e. The molecule has 0 heterocycles. The number of carbonyl (C=O) groups is 1. The van der Waals surface area contributed by atoms with Crippen molar-refractivity contribution in [2.24, 2.45) is 5.92 Å². The predicted molar refractivity (Wildman–Crippen MR) is 122 cm³/mol. The topological polar surface area (TPSA) is 37.3 Å². The van der Waals surface area contributed by atoms with Crippen molar-refractivity contribution in [3.8, 4) is 0 Å². The first-order valence-corrected chi connectivity index (χ1v) is 11.3. The molecule has 0 aliphatic carbocycles. The van der Waals surface area contributed by atoms with Crippen LogP contribution in [0.15, 0.2) is 103 Å². The van der Waals surface area contributed by atoms with E-state index in [0.717, 1.165) is 0 Å². The normalized spacial score (nSPS) is 12.6. The third kappa shape index (κ3) is 4.35. The van der Waals surface area contributed by atoms with E-state index >= 15 is 0 Å². The summed E-state index contributed by atoms with van der Waals surface area (Å²) in [5, 5.41) is 13.0. The summed E-state index contributed by atoms with van der Waals surface area (Å²) in [4.78, 5) is 11.1. The van der Waals surface area contributed by atoms with Gasteiger partial charge >= 0.3 is 5.97 Å². The average Bonchev–Trinajstić information content (AvgIpc) is 2.75. The van der Waals surface area contributed by atoms with Crippen LogP contribution in [0.3, 0.4) is 0 Å². The van der Waals surface area contributed by atoms with E-state index in [1.165, 1.54) is 15.9 Å². The second-order valence-electron chi connectivity index (χ2n) is 6.78. The standard InChI is InChI=1S/C25H25O2P/c1-21(25(26)27)13-11-12-20-28(22-14-5-2-6-15-22,23-16-7-3-8-17-23)24-18-9-4-10-19-24/h2-12,14-21H,13H2,1H3,(H,26,27)/b12-11+. The Balaban J connectivity index is 2.21. The molecule has 0 saturated carbocycles. The van der Waals surface area contributed by atoms with Crippen molar-refractivity contribution >= 4 is 34.6 Å².